The van der Waals surface area contributed by atoms with Crippen LogP contribution in [0.15, 0.2) is 210 Å². The van der Waals surface area contributed by atoms with E-state index in [0.29, 0.717) is 17.8 Å². The average molecular weight is 813 g/mol. The maximum Gasteiger partial charge on any atom is 0.337 e. The van der Waals surface area contributed by atoms with Gasteiger partial charge < -0.3 is 4.74 Å². The highest BCUT2D eigenvalue weighted by molar-refractivity contribution is 6.14. The number of rotatable bonds is 12. The monoisotopic (exact) mass is 812 g/mol. The van der Waals surface area contributed by atoms with Crippen LogP contribution in [0.5, 0.6) is 0 Å². The van der Waals surface area contributed by atoms with E-state index in [1.165, 1.54) is 7.11 Å². The van der Waals surface area contributed by atoms with Crippen molar-refractivity contribution in [1.29, 1.82) is 0 Å². The van der Waals surface area contributed by atoms with Gasteiger partial charge in [-0.3, -0.25) is 9.83 Å². The molecule has 8 aromatic rings. The number of methoxy groups -OCH3 is 1. The van der Waals surface area contributed by atoms with Crippen LogP contribution >= 0.6 is 0 Å². The number of nitrogens with zero attached hydrogens (tertiary/aromatic N) is 6. The lowest BCUT2D eigenvalue weighted by atomic mass is 9.76. The molecule has 9 rings (SSSR count). The first-order chi connectivity index (χ1) is 30.5. The van der Waals surface area contributed by atoms with Crippen molar-refractivity contribution in [3.63, 3.8) is 0 Å². The summed E-state index contributed by atoms with van der Waals surface area (Å²) in [5.74, 6) is 0.199. The normalized spacial score (nSPS) is 14.1. The molecule has 1 aliphatic rings. The van der Waals surface area contributed by atoms with Gasteiger partial charge >= 0.3 is 5.97 Å². The van der Waals surface area contributed by atoms with Crippen molar-refractivity contribution in [2.24, 2.45) is 4.99 Å². The van der Waals surface area contributed by atoms with Gasteiger partial charge in [-0.15, -0.1) is 5.10 Å². The zero-order valence-electron chi connectivity index (χ0n) is 34.7. The van der Waals surface area contributed by atoms with E-state index >= 15 is 0 Å². The summed E-state index contributed by atoms with van der Waals surface area (Å²) in [6.07, 6.45) is 0.0475. The minimum Gasteiger partial charge on any atom is -0.465 e. The van der Waals surface area contributed by atoms with Gasteiger partial charge in [-0.25, -0.2) is 14.5 Å². The van der Waals surface area contributed by atoms with Crippen LogP contribution < -0.4 is 0 Å². The number of hydrogen-bond donors (Lipinski definition) is 0. The molecule has 0 spiro atoms. The fourth-order valence-corrected chi connectivity index (χ4v) is 8.59. The number of esters is 1. The Balaban J connectivity index is 1.29. The molecule has 1 aliphatic heterocycles. The highest BCUT2D eigenvalue weighted by atomic mass is 16.7. The van der Waals surface area contributed by atoms with E-state index in [0.717, 1.165) is 67.1 Å². The summed E-state index contributed by atoms with van der Waals surface area (Å²) in [7, 11) is 3.06. The number of hydroxylamine groups is 2. The highest BCUT2D eigenvalue weighted by Gasteiger charge is 2.42. The molecule has 9 nitrogen and oxygen atoms in total. The van der Waals surface area contributed by atoms with Crippen molar-refractivity contribution in [3.05, 3.63) is 244 Å². The Morgan fingerprint density at radius 1 is 0.629 bits per heavy atom. The highest BCUT2D eigenvalue weighted by Crippen LogP contribution is 2.44. The second-order valence-electron chi connectivity index (χ2n) is 15.0. The Morgan fingerprint density at radius 3 is 1.73 bits per heavy atom. The fraction of sp³-hybridized carbons (Fsp3) is 0.113. The average Bonchev–Trinajstić information content (AvgIpc) is 3.84. The second kappa shape index (κ2) is 17.5. The molecular weight excluding hydrogens is 769 g/mol. The Labute approximate surface area is 361 Å². The van der Waals surface area contributed by atoms with Crippen molar-refractivity contribution in [2.45, 2.75) is 25.0 Å². The molecule has 0 fully saturated rings. The van der Waals surface area contributed by atoms with Crippen molar-refractivity contribution < 1.29 is 14.4 Å². The number of tetrazole rings is 1. The molecule has 0 radical (unpaired) electrons. The number of ether oxygens (including phenoxy) is 1. The third kappa shape index (κ3) is 7.29. The number of carbonyl (C=O) groups is 1. The van der Waals surface area contributed by atoms with Crippen molar-refractivity contribution >= 4 is 11.7 Å². The molecule has 0 bridgehead atoms. The van der Waals surface area contributed by atoms with Crippen LogP contribution in [0.3, 0.4) is 0 Å². The maximum absolute atomic E-state index is 12.4. The van der Waals surface area contributed by atoms with E-state index in [1.54, 1.807) is 19.2 Å². The molecule has 0 saturated carbocycles. The lowest BCUT2D eigenvalue weighted by molar-refractivity contribution is -0.133. The predicted octanol–water partition coefficient (Wildman–Crippen LogP) is 10.5. The van der Waals surface area contributed by atoms with Crippen LogP contribution in [0.4, 0.5) is 0 Å². The second-order valence-corrected chi connectivity index (χ2v) is 15.0. The number of aliphatic imine (C=N–C) groups is 1. The van der Waals surface area contributed by atoms with E-state index in [9.17, 15) is 4.79 Å². The summed E-state index contributed by atoms with van der Waals surface area (Å²) in [5, 5.41) is 16.1. The lowest BCUT2D eigenvalue weighted by Gasteiger charge is -2.37. The quantitative estimate of drug-likeness (QED) is 0.0895. The van der Waals surface area contributed by atoms with Gasteiger partial charge in [0, 0.05) is 28.8 Å². The lowest BCUT2D eigenvalue weighted by Crippen LogP contribution is -2.39. The van der Waals surface area contributed by atoms with Crippen LogP contribution in [0.1, 0.15) is 56.8 Å². The standard InChI is InChI=1S/C53H44N6O3/c1-37-47(35-38-29-31-41(32-30-38)52(60)61-2)49(54-50(58(37)62-3)40-21-11-5-12-22-40)42-33-34-46(39-19-9-4-10-20-39)48(36-42)51-55-56-57-59(51)53(43-23-13-6-14-24-43,44-25-15-7-16-26-44)45-27-17-8-18-28-45/h4-34,36,50H,35H2,1-3H3. The van der Waals surface area contributed by atoms with E-state index in [4.69, 9.17) is 24.9 Å². The van der Waals surface area contributed by atoms with Gasteiger partial charge in [0.05, 0.1) is 25.5 Å². The number of carbonyl (C=O) groups excluding carboxylic acids is 1. The maximum atomic E-state index is 12.4. The third-order valence-corrected chi connectivity index (χ3v) is 11.6. The topological polar surface area (TPSA) is 94.7 Å². The van der Waals surface area contributed by atoms with Crippen molar-refractivity contribution in [3.8, 4) is 22.5 Å². The molecule has 2 heterocycles. The Hall–Kier alpha value is -7.75. The van der Waals surface area contributed by atoms with E-state index < -0.39 is 11.7 Å². The summed E-state index contributed by atoms with van der Waals surface area (Å²) >= 11 is 0. The molecule has 0 aliphatic carbocycles. The van der Waals surface area contributed by atoms with Gasteiger partial charge in [0.25, 0.3) is 0 Å². The van der Waals surface area contributed by atoms with E-state index in [-0.39, 0.29) is 5.97 Å². The number of allylic oxidation sites excluding steroid dienone is 2. The minimum atomic E-state index is -0.968. The Bertz CT molecular complexity index is 2770. The molecule has 0 amide bonds. The summed E-state index contributed by atoms with van der Waals surface area (Å²) in [6.45, 7) is 2.07. The van der Waals surface area contributed by atoms with Gasteiger partial charge in [0.15, 0.2) is 12.0 Å². The molecule has 1 aromatic heterocycles. The SMILES string of the molecule is COC(=O)c1ccc(CC2=C(C)N(OC)C(c3ccccc3)N=C2c2ccc(-c3ccccc3)c(-c3nnnn3C(c3ccccc3)(c3ccccc3)c3ccccc3)c2)cc1. The van der Waals surface area contributed by atoms with Crippen LogP contribution in [-0.2, 0) is 21.5 Å². The molecule has 1 unspecified atom stereocenters. The molecular formula is C53H44N6O3. The van der Waals surface area contributed by atoms with Gasteiger partial charge in [0.2, 0.25) is 0 Å². The summed E-state index contributed by atoms with van der Waals surface area (Å²) in [4.78, 5) is 24.0. The third-order valence-electron chi connectivity index (χ3n) is 11.6. The first-order valence-corrected chi connectivity index (χ1v) is 20.5. The number of benzene rings is 7. The zero-order chi connectivity index (χ0) is 42.5. The number of aromatic nitrogens is 4. The zero-order valence-corrected chi connectivity index (χ0v) is 34.7. The molecule has 9 heteroatoms. The summed E-state index contributed by atoms with van der Waals surface area (Å²) in [6, 6.07) is 65.7. The summed E-state index contributed by atoms with van der Waals surface area (Å²) < 4.78 is 6.96. The predicted molar refractivity (Wildman–Crippen MR) is 242 cm³/mol. The van der Waals surface area contributed by atoms with Gasteiger partial charge in [0.1, 0.15) is 5.54 Å². The van der Waals surface area contributed by atoms with Crippen LogP contribution in [-0.4, -0.2) is 51.2 Å². The summed E-state index contributed by atoms with van der Waals surface area (Å²) in [5.41, 5.74) is 10.9. The number of hydrogen-bond acceptors (Lipinski definition) is 8. The van der Waals surface area contributed by atoms with Crippen LogP contribution in [0, 0.1) is 0 Å². The molecule has 62 heavy (non-hydrogen) atoms. The Kier molecular flexibility index (Phi) is 11.2. The van der Waals surface area contributed by atoms with Crippen molar-refractivity contribution in [2.75, 3.05) is 14.2 Å². The largest absolute Gasteiger partial charge is 0.465 e. The van der Waals surface area contributed by atoms with Gasteiger partial charge in [-0.2, -0.15) is 0 Å². The van der Waals surface area contributed by atoms with E-state index in [1.807, 2.05) is 76.5 Å². The van der Waals surface area contributed by atoms with Crippen LogP contribution in [0.25, 0.3) is 22.5 Å². The fourth-order valence-electron chi connectivity index (χ4n) is 8.59. The van der Waals surface area contributed by atoms with Crippen molar-refractivity contribution in [1.82, 2.24) is 25.3 Å². The first kappa shape index (κ1) is 39.7. The molecule has 304 valence electrons. The van der Waals surface area contributed by atoms with Gasteiger partial charge in [-0.05, 0) is 74.5 Å². The molecule has 1 atom stereocenters. The van der Waals surface area contributed by atoms with E-state index in [2.05, 4.69) is 127 Å². The minimum absolute atomic E-state index is 0.382. The smallest absolute Gasteiger partial charge is 0.337 e. The molecule has 7 aromatic carbocycles. The van der Waals surface area contributed by atoms with Gasteiger partial charge in [-0.1, -0.05) is 176 Å². The Morgan fingerprint density at radius 2 is 1.18 bits per heavy atom. The molecule has 0 N–H and O–H groups in total. The first-order valence-electron chi connectivity index (χ1n) is 20.5. The van der Waals surface area contributed by atoms with Crippen LogP contribution in [0.2, 0.25) is 0 Å². The molecule has 0 saturated heterocycles.